The summed E-state index contributed by atoms with van der Waals surface area (Å²) in [5.74, 6) is -1.16. The summed E-state index contributed by atoms with van der Waals surface area (Å²) in [4.78, 5) is 10.7. The monoisotopic (exact) mass is 270 g/mol. The van der Waals surface area contributed by atoms with Crippen molar-refractivity contribution in [2.45, 2.75) is 29.8 Å². The highest BCUT2D eigenvalue weighted by molar-refractivity contribution is 7.91. The van der Waals surface area contributed by atoms with E-state index in [-0.39, 0.29) is 29.9 Å². The highest BCUT2D eigenvalue weighted by Crippen LogP contribution is 2.39. The number of hydrogen-bond donors (Lipinski definition) is 2. The Bertz CT molecular complexity index is 578. The van der Waals surface area contributed by atoms with Crippen LogP contribution in [-0.4, -0.2) is 30.4 Å². The number of fused-ring (bicyclic) bond motifs is 1. The smallest absolute Gasteiger partial charge is 0.303 e. The third-order valence-corrected chi connectivity index (χ3v) is 5.03. The van der Waals surface area contributed by atoms with E-state index >= 15 is 0 Å². The fourth-order valence-corrected chi connectivity index (χ4v) is 3.95. The van der Waals surface area contributed by atoms with Gasteiger partial charge in [0.1, 0.15) is 0 Å². The first kappa shape index (κ1) is 13.0. The second-order valence-electron chi connectivity index (χ2n) is 4.49. The Hall–Kier alpha value is -1.40. The van der Waals surface area contributed by atoms with E-state index < -0.39 is 21.4 Å². The number of benzene rings is 1. The van der Waals surface area contributed by atoms with Gasteiger partial charge in [0.2, 0.25) is 0 Å². The van der Waals surface area contributed by atoms with Gasteiger partial charge in [-0.05, 0) is 18.9 Å². The second-order valence-corrected chi connectivity index (χ2v) is 6.57. The lowest BCUT2D eigenvalue weighted by Gasteiger charge is -2.33. The molecule has 1 atom stereocenters. The van der Waals surface area contributed by atoms with Gasteiger partial charge in [-0.2, -0.15) is 0 Å². The maximum absolute atomic E-state index is 11.9. The molecule has 0 amide bonds. The first-order valence-corrected chi connectivity index (χ1v) is 7.27. The molecule has 0 fully saturated rings. The van der Waals surface area contributed by atoms with Gasteiger partial charge in [-0.25, -0.2) is 8.42 Å². The molecule has 98 valence electrons. The summed E-state index contributed by atoms with van der Waals surface area (Å²) in [5.41, 5.74) is -1.04. The van der Waals surface area contributed by atoms with Crippen LogP contribution < -0.4 is 0 Å². The minimum absolute atomic E-state index is 0.0227. The third kappa shape index (κ3) is 2.26. The van der Waals surface area contributed by atoms with Gasteiger partial charge in [-0.1, -0.05) is 18.2 Å². The number of aliphatic hydroxyl groups is 1. The molecule has 0 saturated carbocycles. The van der Waals surface area contributed by atoms with Gasteiger partial charge in [0, 0.05) is 12.0 Å². The highest BCUT2D eigenvalue weighted by atomic mass is 32.2. The van der Waals surface area contributed by atoms with Crippen molar-refractivity contribution in [2.75, 3.05) is 5.75 Å². The van der Waals surface area contributed by atoms with Crippen molar-refractivity contribution in [1.82, 2.24) is 0 Å². The molecule has 1 heterocycles. The van der Waals surface area contributed by atoms with Gasteiger partial charge in [0.15, 0.2) is 9.84 Å². The van der Waals surface area contributed by atoms with Gasteiger partial charge in [-0.3, -0.25) is 4.79 Å². The average Bonchev–Trinajstić information content (AvgIpc) is 2.33. The minimum Gasteiger partial charge on any atom is -0.481 e. The zero-order valence-corrected chi connectivity index (χ0v) is 10.5. The largest absolute Gasteiger partial charge is 0.481 e. The maximum Gasteiger partial charge on any atom is 0.303 e. The number of aliphatic carboxylic acids is 1. The Balaban J connectivity index is 2.45. The van der Waals surface area contributed by atoms with Gasteiger partial charge < -0.3 is 10.2 Å². The van der Waals surface area contributed by atoms with E-state index in [1.807, 2.05) is 0 Å². The molecule has 2 N–H and O–H groups in total. The summed E-state index contributed by atoms with van der Waals surface area (Å²) in [7, 11) is -3.36. The standard InChI is InChI=1S/C12H14O5S/c13-11(14)5-6-12(15)7-8-18(16,17)10-4-2-1-3-9(10)12/h1-4,15H,5-8H2,(H,13,14). The van der Waals surface area contributed by atoms with Crippen molar-refractivity contribution >= 4 is 15.8 Å². The molecule has 0 aliphatic carbocycles. The van der Waals surface area contributed by atoms with Gasteiger partial charge in [-0.15, -0.1) is 0 Å². The molecule has 0 radical (unpaired) electrons. The van der Waals surface area contributed by atoms with Crippen LogP contribution in [0.25, 0.3) is 0 Å². The maximum atomic E-state index is 11.9. The van der Waals surface area contributed by atoms with Crippen molar-refractivity contribution in [3.8, 4) is 0 Å². The highest BCUT2D eigenvalue weighted by Gasteiger charge is 2.40. The third-order valence-electron chi connectivity index (χ3n) is 3.26. The number of carbonyl (C=O) groups is 1. The first-order chi connectivity index (χ1) is 8.35. The predicted molar refractivity (Wildman–Crippen MR) is 63.9 cm³/mol. The summed E-state index contributed by atoms with van der Waals surface area (Å²) in [5, 5.41) is 19.2. The van der Waals surface area contributed by atoms with E-state index in [2.05, 4.69) is 0 Å². The molecule has 2 rings (SSSR count). The Labute approximate surface area is 105 Å². The fourth-order valence-electron chi connectivity index (χ4n) is 2.24. The van der Waals surface area contributed by atoms with Crippen molar-refractivity contribution in [3.05, 3.63) is 29.8 Å². The van der Waals surface area contributed by atoms with E-state index in [0.717, 1.165) is 0 Å². The summed E-state index contributed by atoms with van der Waals surface area (Å²) in [6.45, 7) is 0. The topological polar surface area (TPSA) is 91.7 Å². The van der Waals surface area contributed by atoms with Crippen molar-refractivity contribution in [2.24, 2.45) is 0 Å². The van der Waals surface area contributed by atoms with E-state index in [0.29, 0.717) is 5.56 Å². The van der Waals surface area contributed by atoms with Gasteiger partial charge in [0.25, 0.3) is 0 Å². The summed E-state index contributed by atoms with van der Waals surface area (Å²) in [6.07, 6.45) is -0.126. The lowest BCUT2D eigenvalue weighted by Crippen LogP contribution is -2.35. The van der Waals surface area contributed by atoms with Crippen LogP contribution >= 0.6 is 0 Å². The van der Waals surface area contributed by atoms with Crippen molar-refractivity contribution in [3.63, 3.8) is 0 Å². The van der Waals surface area contributed by atoms with E-state index in [1.165, 1.54) is 6.07 Å². The van der Waals surface area contributed by atoms with Crippen LogP contribution in [0.1, 0.15) is 24.8 Å². The molecule has 1 aromatic carbocycles. The van der Waals surface area contributed by atoms with Crippen LogP contribution in [0.15, 0.2) is 29.2 Å². The molecular formula is C12H14O5S. The molecule has 5 nitrogen and oxygen atoms in total. The molecule has 0 aromatic heterocycles. The van der Waals surface area contributed by atoms with E-state index in [9.17, 15) is 18.3 Å². The van der Waals surface area contributed by atoms with Crippen LogP contribution in [0.3, 0.4) is 0 Å². The van der Waals surface area contributed by atoms with Crippen LogP contribution in [0.4, 0.5) is 0 Å². The van der Waals surface area contributed by atoms with Crippen molar-refractivity contribution in [1.29, 1.82) is 0 Å². The average molecular weight is 270 g/mol. The summed E-state index contributed by atoms with van der Waals surface area (Å²) in [6, 6.07) is 6.24. The van der Waals surface area contributed by atoms with Gasteiger partial charge >= 0.3 is 5.97 Å². The molecule has 1 aliphatic heterocycles. The Morgan fingerprint density at radius 1 is 1.33 bits per heavy atom. The Kier molecular flexibility index (Phi) is 3.16. The normalized spacial score (nSPS) is 25.4. The lowest BCUT2D eigenvalue weighted by molar-refractivity contribution is -0.138. The van der Waals surface area contributed by atoms with Crippen LogP contribution in [-0.2, 0) is 20.2 Å². The minimum atomic E-state index is -3.36. The van der Waals surface area contributed by atoms with Crippen molar-refractivity contribution < 1.29 is 23.4 Å². The SMILES string of the molecule is O=C(O)CCC1(O)CCS(=O)(=O)c2ccccc21. The van der Waals surface area contributed by atoms with Crippen LogP contribution in [0.2, 0.25) is 0 Å². The molecule has 18 heavy (non-hydrogen) atoms. The molecule has 0 bridgehead atoms. The molecular weight excluding hydrogens is 256 g/mol. The summed E-state index contributed by atoms with van der Waals surface area (Å²) < 4.78 is 23.7. The first-order valence-electron chi connectivity index (χ1n) is 5.62. The second kappa shape index (κ2) is 4.37. The molecule has 1 aliphatic rings. The molecule has 0 saturated heterocycles. The molecule has 1 unspecified atom stereocenters. The Morgan fingerprint density at radius 2 is 2.00 bits per heavy atom. The van der Waals surface area contributed by atoms with Crippen LogP contribution in [0.5, 0.6) is 0 Å². The van der Waals surface area contributed by atoms with Crippen LogP contribution in [0, 0.1) is 0 Å². The number of carboxylic acids is 1. The quantitative estimate of drug-likeness (QED) is 0.852. The Morgan fingerprint density at radius 3 is 2.67 bits per heavy atom. The van der Waals surface area contributed by atoms with Gasteiger partial charge in [0.05, 0.1) is 16.2 Å². The molecule has 0 spiro atoms. The lowest BCUT2D eigenvalue weighted by atomic mass is 9.86. The fraction of sp³-hybridized carbons (Fsp3) is 0.417. The number of hydrogen-bond acceptors (Lipinski definition) is 4. The molecule has 6 heteroatoms. The predicted octanol–water partition coefficient (Wildman–Crippen LogP) is 0.916. The zero-order valence-electron chi connectivity index (χ0n) is 9.67. The summed E-state index contributed by atoms with van der Waals surface area (Å²) >= 11 is 0. The molecule has 1 aromatic rings. The number of rotatable bonds is 3. The number of sulfone groups is 1. The zero-order chi connectivity index (χ0) is 13.4. The van der Waals surface area contributed by atoms with E-state index in [4.69, 9.17) is 5.11 Å². The van der Waals surface area contributed by atoms with E-state index in [1.54, 1.807) is 18.2 Å². The number of carboxylic acid groups (broad SMARTS) is 1.